The van der Waals surface area contributed by atoms with Gasteiger partial charge in [-0.15, -0.1) is 11.3 Å². The molecule has 2 saturated heterocycles. The van der Waals surface area contributed by atoms with Crippen molar-refractivity contribution in [2.75, 3.05) is 39.3 Å². The Balaban J connectivity index is 1.36. The molecular formula is C16H25N3OS. The molecule has 0 amide bonds. The molecule has 0 radical (unpaired) electrons. The number of nitrogens with zero attached hydrogens (tertiary/aromatic N) is 3. The van der Waals surface area contributed by atoms with Gasteiger partial charge in [0.1, 0.15) is 0 Å². The molecule has 2 aliphatic heterocycles. The molecule has 116 valence electrons. The first kappa shape index (κ1) is 14.1. The van der Waals surface area contributed by atoms with Gasteiger partial charge in [0, 0.05) is 50.1 Å². The number of hydrogen-bond donors (Lipinski definition) is 0. The normalized spacial score (nSPS) is 31.3. The largest absolute Gasteiger partial charge is 0.375 e. The van der Waals surface area contributed by atoms with Crippen molar-refractivity contribution in [1.29, 1.82) is 0 Å². The third kappa shape index (κ3) is 3.31. The minimum absolute atomic E-state index is 0.447. The van der Waals surface area contributed by atoms with Crippen molar-refractivity contribution in [1.82, 2.24) is 14.8 Å². The summed E-state index contributed by atoms with van der Waals surface area (Å²) in [6.07, 6.45) is 3.34. The molecule has 21 heavy (non-hydrogen) atoms. The van der Waals surface area contributed by atoms with Crippen molar-refractivity contribution < 1.29 is 4.74 Å². The van der Waals surface area contributed by atoms with Crippen LogP contribution in [0, 0.1) is 18.8 Å². The molecule has 1 aromatic rings. The summed E-state index contributed by atoms with van der Waals surface area (Å²) < 4.78 is 6.14. The minimum atomic E-state index is 0.447. The number of aryl methyl sites for hydroxylation is 1. The number of fused-ring (bicyclic) bond motifs is 1. The van der Waals surface area contributed by atoms with Crippen molar-refractivity contribution in [3.05, 3.63) is 16.1 Å². The Morgan fingerprint density at radius 3 is 2.90 bits per heavy atom. The average molecular weight is 307 g/mol. The van der Waals surface area contributed by atoms with Gasteiger partial charge in [-0.2, -0.15) is 0 Å². The van der Waals surface area contributed by atoms with E-state index in [-0.39, 0.29) is 0 Å². The van der Waals surface area contributed by atoms with Gasteiger partial charge in [-0.05, 0) is 25.7 Å². The number of thiazole rings is 1. The van der Waals surface area contributed by atoms with E-state index in [9.17, 15) is 0 Å². The van der Waals surface area contributed by atoms with Gasteiger partial charge in [0.2, 0.25) is 0 Å². The van der Waals surface area contributed by atoms with Gasteiger partial charge >= 0.3 is 0 Å². The van der Waals surface area contributed by atoms with Crippen LogP contribution in [0.5, 0.6) is 0 Å². The van der Waals surface area contributed by atoms with E-state index in [0.29, 0.717) is 12.0 Å². The van der Waals surface area contributed by atoms with E-state index in [2.05, 4.69) is 21.7 Å². The highest BCUT2D eigenvalue weighted by molar-refractivity contribution is 7.09. The lowest BCUT2D eigenvalue weighted by molar-refractivity contribution is 0.0511. The summed E-state index contributed by atoms with van der Waals surface area (Å²) in [6.45, 7) is 10.0. The van der Waals surface area contributed by atoms with Crippen molar-refractivity contribution >= 4 is 11.3 Å². The van der Waals surface area contributed by atoms with E-state index in [1.54, 1.807) is 11.3 Å². The highest BCUT2D eigenvalue weighted by atomic mass is 32.1. The average Bonchev–Trinajstić information content (AvgIpc) is 3.12. The third-order valence-electron chi connectivity index (χ3n) is 5.11. The van der Waals surface area contributed by atoms with Crippen LogP contribution in [0.15, 0.2) is 5.51 Å². The summed E-state index contributed by atoms with van der Waals surface area (Å²) >= 11 is 1.79. The quantitative estimate of drug-likeness (QED) is 0.850. The van der Waals surface area contributed by atoms with E-state index in [1.165, 1.54) is 43.0 Å². The second kappa shape index (κ2) is 5.95. The first-order valence-corrected chi connectivity index (χ1v) is 9.11. The molecule has 3 fully saturated rings. The van der Waals surface area contributed by atoms with Gasteiger partial charge < -0.3 is 9.64 Å². The Kier molecular flexibility index (Phi) is 4.00. The first-order valence-electron chi connectivity index (χ1n) is 8.23. The SMILES string of the molecule is Cc1ncsc1CN1C[C@@H]2CN(CC3CC3)CCO[C@@H]2C1. The molecule has 3 aliphatic rings. The minimum Gasteiger partial charge on any atom is -0.375 e. The zero-order chi connectivity index (χ0) is 14.2. The number of ether oxygens (including phenoxy) is 1. The topological polar surface area (TPSA) is 28.6 Å². The van der Waals surface area contributed by atoms with Gasteiger partial charge in [-0.25, -0.2) is 4.98 Å². The molecule has 4 nitrogen and oxygen atoms in total. The lowest BCUT2D eigenvalue weighted by atomic mass is 10.1. The van der Waals surface area contributed by atoms with Crippen LogP contribution in [0.1, 0.15) is 23.4 Å². The maximum atomic E-state index is 6.14. The molecule has 2 atom stereocenters. The van der Waals surface area contributed by atoms with Crippen LogP contribution in [0.25, 0.3) is 0 Å². The molecule has 0 N–H and O–H groups in total. The summed E-state index contributed by atoms with van der Waals surface area (Å²) in [5.41, 5.74) is 3.16. The molecule has 3 heterocycles. The Bertz CT molecular complexity index is 488. The molecule has 0 spiro atoms. The second-order valence-corrected chi connectivity index (χ2v) is 7.87. The van der Waals surface area contributed by atoms with Gasteiger partial charge in [-0.3, -0.25) is 4.90 Å². The van der Waals surface area contributed by atoms with Crippen LogP contribution in [0.3, 0.4) is 0 Å². The van der Waals surface area contributed by atoms with Gasteiger partial charge in [0.25, 0.3) is 0 Å². The third-order valence-corrected chi connectivity index (χ3v) is 6.03. The molecular weight excluding hydrogens is 282 g/mol. The van der Waals surface area contributed by atoms with Crippen LogP contribution in [-0.4, -0.2) is 60.2 Å². The van der Waals surface area contributed by atoms with Gasteiger partial charge in [0.15, 0.2) is 0 Å². The highest BCUT2D eigenvalue weighted by Gasteiger charge is 2.37. The molecule has 1 aliphatic carbocycles. The van der Waals surface area contributed by atoms with Crippen LogP contribution in [-0.2, 0) is 11.3 Å². The number of aromatic nitrogens is 1. The maximum absolute atomic E-state index is 6.14. The Labute approximate surface area is 131 Å². The van der Waals surface area contributed by atoms with Gasteiger partial charge in [-0.1, -0.05) is 0 Å². The van der Waals surface area contributed by atoms with E-state index in [4.69, 9.17) is 4.74 Å². The Morgan fingerprint density at radius 2 is 2.14 bits per heavy atom. The van der Waals surface area contributed by atoms with E-state index < -0.39 is 0 Å². The molecule has 4 rings (SSSR count). The fourth-order valence-corrected chi connectivity index (χ4v) is 4.51. The lowest BCUT2D eigenvalue weighted by Gasteiger charge is -2.23. The first-order chi connectivity index (χ1) is 10.3. The second-order valence-electron chi connectivity index (χ2n) is 6.93. The van der Waals surface area contributed by atoms with Crippen LogP contribution >= 0.6 is 11.3 Å². The summed E-state index contributed by atoms with van der Waals surface area (Å²) in [7, 11) is 0. The van der Waals surface area contributed by atoms with Crippen molar-refractivity contribution in [2.45, 2.75) is 32.4 Å². The van der Waals surface area contributed by atoms with Crippen LogP contribution in [0.2, 0.25) is 0 Å². The molecule has 0 bridgehead atoms. The highest BCUT2D eigenvalue weighted by Crippen LogP contribution is 2.32. The molecule has 5 heteroatoms. The molecule has 0 aromatic carbocycles. The summed E-state index contributed by atoms with van der Waals surface area (Å²) in [5.74, 6) is 1.68. The van der Waals surface area contributed by atoms with Crippen molar-refractivity contribution in [3.63, 3.8) is 0 Å². The standard InChI is InChI=1S/C16H25N3OS/c1-12-16(21-11-17-12)10-19-8-14-7-18(6-13-2-3-13)4-5-20-15(14)9-19/h11,13-15H,2-10H2,1H3/t14-,15+/m0/s1. The van der Waals surface area contributed by atoms with E-state index in [1.807, 2.05) is 5.51 Å². The summed E-state index contributed by atoms with van der Waals surface area (Å²) in [4.78, 5) is 11.0. The Morgan fingerprint density at radius 1 is 1.29 bits per heavy atom. The molecule has 0 unspecified atom stereocenters. The predicted octanol–water partition coefficient (Wildman–Crippen LogP) is 1.99. The van der Waals surface area contributed by atoms with Crippen molar-refractivity contribution in [3.8, 4) is 0 Å². The van der Waals surface area contributed by atoms with E-state index in [0.717, 1.165) is 32.2 Å². The fraction of sp³-hybridized carbons (Fsp3) is 0.812. The smallest absolute Gasteiger partial charge is 0.0798 e. The van der Waals surface area contributed by atoms with Gasteiger partial charge in [0.05, 0.1) is 23.9 Å². The zero-order valence-electron chi connectivity index (χ0n) is 12.8. The van der Waals surface area contributed by atoms with Crippen LogP contribution in [0.4, 0.5) is 0 Å². The number of likely N-dealkylation sites (tertiary alicyclic amines) is 1. The molecule has 1 saturated carbocycles. The monoisotopic (exact) mass is 307 g/mol. The number of hydrogen-bond acceptors (Lipinski definition) is 5. The van der Waals surface area contributed by atoms with E-state index >= 15 is 0 Å². The van der Waals surface area contributed by atoms with Crippen LogP contribution < -0.4 is 0 Å². The molecule has 1 aromatic heterocycles. The summed E-state index contributed by atoms with van der Waals surface area (Å²) in [6, 6.07) is 0. The lowest BCUT2D eigenvalue weighted by Crippen LogP contribution is -2.34. The zero-order valence-corrected chi connectivity index (χ0v) is 13.6. The Hall–Kier alpha value is -0.490. The van der Waals surface area contributed by atoms with Crippen molar-refractivity contribution in [2.24, 2.45) is 11.8 Å². The number of rotatable bonds is 4. The summed E-state index contributed by atoms with van der Waals surface area (Å²) in [5, 5.41) is 0. The predicted molar refractivity (Wildman–Crippen MR) is 84.5 cm³/mol. The fourth-order valence-electron chi connectivity index (χ4n) is 3.69. The maximum Gasteiger partial charge on any atom is 0.0798 e.